The van der Waals surface area contributed by atoms with Gasteiger partial charge in [-0.05, 0) is 61.6 Å². The van der Waals surface area contributed by atoms with Gasteiger partial charge in [-0.15, -0.1) is 0 Å². The zero-order chi connectivity index (χ0) is 21.6. The number of ether oxygens (including phenoxy) is 3. The van der Waals surface area contributed by atoms with Gasteiger partial charge in [0.1, 0.15) is 5.75 Å². The Morgan fingerprint density at radius 2 is 1.62 bits per heavy atom. The van der Waals surface area contributed by atoms with Crippen molar-refractivity contribution in [2.24, 2.45) is 0 Å². The molecule has 0 aromatic heterocycles. The molecule has 0 heterocycles. The fourth-order valence-corrected chi connectivity index (χ4v) is 2.80. The van der Waals surface area contributed by atoms with E-state index >= 15 is 0 Å². The van der Waals surface area contributed by atoms with Crippen LogP contribution in [0.2, 0.25) is 0 Å². The van der Waals surface area contributed by atoms with Crippen LogP contribution in [-0.4, -0.2) is 25.2 Å². The second-order valence-corrected chi connectivity index (χ2v) is 8.40. The molecule has 0 aliphatic heterocycles. The minimum Gasteiger partial charge on any atom is -0.493 e. The zero-order valence-corrected chi connectivity index (χ0v) is 18.5. The van der Waals surface area contributed by atoms with Crippen molar-refractivity contribution in [3.05, 3.63) is 53.6 Å². The second kappa shape index (κ2) is 9.68. The van der Waals surface area contributed by atoms with Crippen molar-refractivity contribution in [3.63, 3.8) is 0 Å². The van der Waals surface area contributed by atoms with Gasteiger partial charge >= 0.3 is 0 Å². The van der Waals surface area contributed by atoms with Gasteiger partial charge in [-0.2, -0.15) is 0 Å². The van der Waals surface area contributed by atoms with E-state index < -0.39 is 6.10 Å². The van der Waals surface area contributed by atoms with E-state index in [0.717, 1.165) is 5.56 Å². The normalized spacial score (nSPS) is 12.4. The van der Waals surface area contributed by atoms with Crippen LogP contribution in [0.4, 0.5) is 0 Å². The number of carbonyl (C=O) groups excluding carboxylic acids is 1. The highest BCUT2D eigenvalue weighted by Crippen LogP contribution is 2.29. The highest BCUT2D eigenvalue weighted by atomic mass is 16.5. The summed E-state index contributed by atoms with van der Waals surface area (Å²) >= 11 is 0. The summed E-state index contributed by atoms with van der Waals surface area (Å²) in [5.74, 6) is 1.84. The summed E-state index contributed by atoms with van der Waals surface area (Å²) in [6.07, 6.45) is -0.536. The van der Waals surface area contributed by atoms with E-state index in [-0.39, 0.29) is 17.4 Å². The minimum atomic E-state index is -0.596. The largest absolute Gasteiger partial charge is 0.493 e. The molecule has 1 N–H and O–H groups in total. The molecule has 0 saturated heterocycles. The summed E-state index contributed by atoms with van der Waals surface area (Å²) in [6.45, 7) is 12.5. The zero-order valence-electron chi connectivity index (χ0n) is 18.5. The summed E-state index contributed by atoms with van der Waals surface area (Å²) < 4.78 is 16.9. The molecule has 0 bridgehead atoms. The van der Waals surface area contributed by atoms with Gasteiger partial charge in [0.25, 0.3) is 5.91 Å². The summed E-state index contributed by atoms with van der Waals surface area (Å²) in [4.78, 5) is 12.4. The van der Waals surface area contributed by atoms with Crippen molar-refractivity contribution in [1.29, 1.82) is 0 Å². The first-order valence-corrected chi connectivity index (χ1v) is 9.98. The molecule has 5 nitrogen and oxygen atoms in total. The number of methoxy groups -OCH3 is 1. The molecule has 2 aromatic carbocycles. The molecule has 0 unspecified atom stereocenters. The third-order valence-corrected chi connectivity index (χ3v) is 4.46. The SMILES string of the molecule is COc1cc(CNC(=O)[C@@H](C)Oc2ccc(C(C)(C)C)cc2)ccc1OC(C)C. The van der Waals surface area contributed by atoms with Gasteiger partial charge in [0.15, 0.2) is 17.6 Å². The van der Waals surface area contributed by atoms with Crippen LogP contribution in [0.25, 0.3) is 0 Å². The molecule has 1 atom stereocenters. The summed E-state index contributed by atoms with van der Waals surface area (Å²) in [5.41, 5.74) is 2.23. The van der Waals surface area contributed by atoms with Gasteiger partial charge in [0.2, 0.25) is 0 Å². The first kappa shape index (κ1) is 22.6. The van der Waals surface area contributed by atoms with Crippen molar-refractivity contribution in [2.75, 3.05) is 7.11 Å². The van der Waals surface area contributed by atoms with E-state index in [0.29, 0.717) is 23.8 Å². The van der Waals surface area contributed by atoms with Gasteiger partial charge in [-0.1, -0.05) is 39.0 Å². The molecule has 0 spiro atoms. The Morgan fingerprint density at radius 1 is 0.966 bits per heavy atom. The predicted molar refractivity (Wildman–Crippen MR) is 116 cm³/mol. The quantitative estimate of drug-likeness (QED) is 0.688. The Labute approximate surface area is 174 Å². The van der Waals surface area contributed by atoms with Gasteiger partial charge in [0.05, 0.1) is 13.2 Å². The number of hydrogen-bond acceptors (Lipinski definition) is 4. The number of nitrogens with one attached hydrogen (secondary N) is 1. The van der Waals surface area contributed by atoms with E-state index in [1.807, 2.05) is 56.3 Å². The lowest BCUT2D eigenvalue weighted by Crippen LogP contribution is -2.35. The number of benzene rings is 2. The Bertz CT molecular complexity index is 807. The van der Waals surface area contributed by atoms with Crippen molar-refractivity contribution in [3.8, 4) is 17.2 Å². The van der Waals surface area contributed by atoms with Crippen LogP contribution >= 0.6 is 0 Å². The molecule has 5 heteroatoms. The number of rotatable bonds is 8. The molecular formula is C24H33NO4. The standard InChI is InChI=1S/C24H33NO4/c1-16(2)28-21-13-8-18(14-22(21)27-7)15-25-23(26)17(3)29-20-11-9-19(10-12-20)24(4,5)6/h8-14,16-17H,15H2,1-7H3,(H,25,26)/t17-/m1/s1. The topological polar surface area (TPSA) is 56.8 Å². The molecule has 158 valence electrons. The lowest BCUT2D eigenvalue weighted by Gasteiger charge is -2.20. The third kappa shape index (κ3) is 6.70. The second-order valence-electron chi connectivity index (χ2n) is 8.40. The molecule has 29 heavy (non-hydrogen) atoms. The van der Waals surface area contributed by atoms with Crippen molar-refractivity contribution in [2.45, 2.75) is 65.7 Å². The van der Waals surface area contributed by atoms with Gasteiger partial charge in [-0.3, -0.25) is 4.79 Å². The van der Waals surface area contributed by atoms with Crippen LogP contribution in [0.15, 0.2) is 42.5 Å². The van der Waals surface area contributed by atoms with E-state index in [1.165, 1.54) is 5.56 Å². The minimum absolute atomic E-state index is 0.0601. The van der Waals surface area contributed by atoms with Crippen LogP contribution in [-0.2, 0) is 16.8 Å². The highest BCUT2D eigenvalue weighted by molar-refractivity contribution is 5.80. The number of carbonyl (C=O) groups is 1. The van der Waals surface area contributed by atoms with Crippen LogP contribution < -0.4 is 19.5 Å². The van der Waals surface area contributed by atoms with E-state index in [9.17, 15) is 4.79 Å². The molecule has 0 saturated carbocycles. The monoisotopic (exact) mass is 399 g/mol. The number of amides is 1. The molecule has 0 aliphatic carbocycles. The maximum absolute atomic E-state index is 12.4. The fourth-order valence-electron chi connectivity index (χ4n) is 2.80. The smallest absolute Gasteiger partial charge is 0.261 e. The first-order chi connectivity index (χ1) is 13.6. The molecule has 1 amide bonds. The van der Waals surface area contributed by atoms with Crippen LogP contribution in [0.1, 0.15) is 52.7 Å². The Kier molecular flexibility index (Phi) is 7.54. The number of hydrogen-bond donors (Lipinski definition) is 1. The van der Waals surface area contributed by atoms with Crippen molar-refractivity contribution in [1.82, 2.24) is 5.32 Å². The lowest BCUT2D eigenvalue weighted by atomic mass is 9.87. The molecular weight excluding hydrogens is 366 g/mol. The molecule has 0 radical (unpaired) electrons. The average molecular weight is 400 g/mol. The Hall–Kier alpha value is -2.69. The molecule has 0 fully saturated rings. The van der Waals surface area contributed by atoms with Crippen molar-refractivity contribution < 1.29 is 19.0 Å². The Morgan fingerprint density at radius 3 is 2.17 bits per heavy atom. The average Bonchev–Trinajstić information content (AvgIpc) is 2.66. The molecule has 2 aromatic rings. The first-order valence-electron chi connectivity index (χ1n) is 9.98. The third-order valence-electron chi connectivity index (χ3n) is 4.46. The maximum Gasteiger partial charge on any atom is 0.261 e. The van der Waals surface area contributed by atoms with E-state index in [4.69, 9.17) is 14.2 Å². The van der Waals surface area contributed by atoms with Gasteiger partial charge in [0, 0.05) is 6.54 Å². The van der Waals surface area contributed by atoms with Gasteiger partial charge in [-0.25, -0.2) is 0 Å². The van der Waals surface area contributed by atoms with E-state index in [2.05, 4.69) is 26.1 Å². The molecule has 0 aliphatic rings. The molecule has 2 rings (SSSR count). The van der Waals surface area contributed by atoms with Crippen LogP contribution in [0.3, 0.4) is 0 Å². The predicted octanol–water partition coefficient (Wildman–Crippen LogP) is 4.86. The Balaban J connectivity index is 1.93. The summed E-state index contributed by atoms with van der Waals surface area (Å²) in [6, 6.07) is 13.5. The van der Waals surface area contributed by atoms with E-state index in [1.54, 1.807) is 14.0 Å². The summed E-state index contributed by atoms with van der Waals surface area (Å²) in [7, 11) is 1.60. The maximum atomic E-state index is 12.4. The highest BCUT2D eigenvalue weighted by Gasteiger charge is 2.17. The fraction of sp³-hybridized carbons (Fsp3) is 0.458. The lowest BCUT2D eigenvalue weighted by molar-refractivity contribution is -0.127. The van der Waals surface area contributed by atoms with Crippen LogP contribution in [0.5, 0.6) is 17.2 Å². The summed E-state index contributed by atoms with van der Waals surface area (Å²) in [5, 5.41) is 2.91. The van der Waals surface area contributed by atoms with Crippen LogP contribution in [0, 0.1) is 0 Å². The van der Waals surface area contributed by atoms with Crippen molar-refractivity contribution >= 4 is 5.91 Å². The van der Waals surface area contributed by atoms with Gasteiger partial charge < -0.3 is 19.5 Å².